The number of primary amides is 1. The zero-order valence-corrected chi connectivity index (χ0v) is 9.05. The van der Waals surface area contributed by atoms with Crippen molar-refractivity contribution in [3.05, 3.63) is 35.4 Å². The van der Waals surface area contributed by atoms with Gasteiger partial charge in [0.15, 0.2) is 6.10 Å². The van der Waals surface area contributed by atoms with Crippen LogP contribution >= 0.6 is 0 Å². The second-order valence-electron chi connectivity index (χ2n) is 3.57. The maximum absolute atomic E-state index is 10.7. The van der Waals surface area contributed by atoms with Crippen molar-refractivity contribution in [2.75, 3.05) is 7.05 Å². The van der Waals surface area contributed by atoms with Crippen LogP contribution in [-0.2, 0) is 11.3 Å². The fraction of sp³-hybridized carbons (Fsp3) is 0.364. The highest BCUT2D eigenvalue weighted by molar-refractivity contribution is 5.79. The summed E-state index contributed by atoms with van der Waals surface area (Å²) in [5.74, 6) is -0.938. The van der Waals surface area contributed by atoms with Crippen molar-refractivity contribution in [3.8, 4) is 0 Å². The quantitative estimate of drug-likeness (QED) is 0.531. The van der Waals surface area contributed by atoms with Crippen LogP contribution in [-0.4, -0.2) is 29.3 Å². The molecule has 5 heteroatoms. The molecular weight excluding hydrogens is 208 g/mol. The molecule has 0 aliphatic heterocycles. The number of hydrogen-bond donors (Lipinski definition) is 4. The smallest absolute Gasteiger partial charge is 0.249 e. The lowest BCUT2D eigenvalue weighted by atomic mass is 10.0. The molecule has 0 radical (unpaired) electrons. The molecule has 0 saturated carbocycles. The first-order valence-electron chi connectivity index (χ1n) is 4.95. The summed E-state index contributed by atoms with van der Waals surface area (Å²) in [5, 5.41) is 22.0. The van der Waals surface area contributed by atoms with Gasteiger partial charge in [-0.25, -0.2) is 0 Å². The molecule has 0 heterocycles. The summed E-state index contributed by atoms with van der Waals surface area (Å²) in [6.45, 7) is 0.646. The minimum absolute atomic E-state index is 0.471. The van der Waals surface area contributed by atoms with Crippen molar-refractivity contribution in [2.24, 2.45) is 5.73 Å². The molecule has 2 unspecified atom stereocenters. The number of aliphatic hydroxyl groups is 2. The first-order valence-corrected chi connectivity index (χ1v) is 4.95. The highest BCUT2D eigenvalue weighted by Crippen LogP contribution is 2.18. The maximum Gasteiger partial charge on any atom is 0.249 e. The van der Waals surface area contributed by atoms with Crippen LogP contribution < -0.4 is 11.1 Å². The number of nitrogens with two attached hydrogens (primary N) is 1. The van der Waals surface area contributed by atoms with Crippen molar-refractivity contribution in [1.82, 2.24) is 5.32 Å². The third kappa shape index (κ3) is 3.03. The van der Waals surface area contributed by atoms with Gasteiger partial charge in [-0.2, -0.15) is 0 Å². The topological polar surface area (TPSA) is 95.6 Å². The Morgan fingerprint density at radius 1 is 1.50 bits per heavy atom. The van der Waals surface area contributed by atoms with E-state index < -0.39 is 18.1 Å². The molecule has 1 aromatic rings. The van der Waals surface area contributed by atoms with E-state index in [9.17, 15) is 15.0 Å². The van der Waals surface area contributed by atoms with Gasteiger partial charge in [-0.05, 0) is 18.2 Å². The van der Waals surface area contributed by atoms with E-state index in [1.165, 1.54) is 0 Å². The molecule has 0 bridgehead atoms. The van der Waals surface area contributed by atoms with Gasteiger partial charge in [-0.3, -0.25) is 4.79 Å². The van der Waals surface area contributed by atoms with Gasteiger partial charge in [-0.1, -0.05) is 24.3 Å². The van der Waals surface area contributed by atoms with Gasteiger partial charge >= 0.3 is 0 Å². The second-order valence-corrected chi connectivity index (χ2v) is 3.57. The summed E-state index contributed by atoms with van der Waals surface area (Å²) in [4.78, 5) is 10.7. The highest BCUT2D eigenvalue weighted by Gasteiger charge is 2.23. The number of rotatable bonds is 5. The number of aliphatic hydroxyl groups excluding tert-OH is 2. The molecule has 1 aromatic carbocycles. The zero-order chi connectivity index (χ0) is 12.1. The van der Waals surface area contributed by atoms with Crippen LogP contribution in [0, 0.1) is 0 Å². The third-order valence-corrected chi connectivity index (χ3v) is 2.26. The van der Waals surface area contributed by atoms with E-state index in [1.54, 1.807) is 25.2 Å². The molecule has 5 N–H and O–H groups in total. The van der Waals surface area contributed by atoms with Crippen LogP contribution in [0.3, 0.4) is 0 Å². The molecule has 1 rings (SSSR count). The van der Waals surface area contributed by atoms with Crippen LogP contribution in [0.5, 0.6) is 0 Å². The lowest BCUT2D eigenvalue weighted by Crippen LogP contribution is -2.33. The van der Waals surface area contributed by atoms with Crippen LogP contribution in [0.15, 0.2) is 24.3 Å². The number of carbonyl (C=O) groups excluding carboxylic acids is 1. The van der Waals surface area contributed by atoms with Crippen molar-refractivity contribution in [3.63, 3.8) is 0 Å². The van der Waals surface area contributed by atoms with Gasteiger partial charge in [0.05, 0.1) is 0 Å². The maximum atomic E-state index is 10.7. The van der Waals surface area contributed by atoms with Gasteiger partial charge in [0.25, 0.3) is 0 Å². The lowest BCUT2D eigenvalue weighted by molar-refractivity contribution is -0.131. The molecule has 1 amide bonds. The number of amides is 1. The predicted molar refractivity (Wildman–Crippen MR) is 59.4 cm³/mol. The van der Waals surface area contributed by atoms with E-state index in [-0.39, 0.29) is 0 Å². The molecule has 0 aromatic heterocycles. The summed E-state index contributed by atoms with van der Waals surface area (Å²) in [6.07, 6.45) is -2.86. The molecular formula is C11H16N2O3. The average molecular weight is 224 g/mol. The third-order valence-electron chi connectivity index (χ3n) is 2.26. The van der Waals surface area contributed by atoms with Gasteiger partial charge in [-0.15, -0.1) is 0 Å². The van der Waals surface area contributed by atoms with Crippen molar-refractivity contribution >= 4 is 5.91 Å². The van der Waals surface area contributed by atoms with Crippen LogP contribution in [0.4, 0.5) is 0 Å². The van der Waals surface area contributed by atoms with E-state index in [1.807, 2.05) is 6.07 Å². The summed E-state index contributed by atoms with van der Waals surface area (Å²) < 4.78 is 0. The van der Waals surface area contributed by atoms with E-state index in [0.717, 1.165) is 5.56 Å². The van der Waals surface area contributed by atoms with Crippen molar-refractivity contribution in [2.45, 2.75) is 18.8 Å². The Morgan fingerprint density at radius 3 is 2.75 bits per heavy atom. The monoisotopic (exact) mass is 224 g/mol. The Kier molecular flexibility index (Phi) is 4.42. The Bertz CT molecular complexity index is 368. The Morgan fingerprint density at radius 2 is 2.19 bits per heavy atom. The Labute approximate surface area is 93.9 Å². The standard InChI is InChI=1S/C11H16N2O3/c1-13-6-7-3-2-4-8(5-7)9(14)10(15)11(12)16/h2-5,9-10,13-15H,6H2,1H3,(H2,12,16). The SMILES string of the molecule is CNCc1cccc(C(O)C(O)C(N)=O)c1. The van der Waals surface area contributed by atoms with Crippen molar-refractivity contribution in [1.29, 1.82) is 0 Å². The number of carbonyl (C=O) groups is 1. The fourth-order valence-electron chi connectivity index (χ4n) is 1.43. The molecule has 0 spiro atoms. The zero-order valence-electron chi connectivity index (χ0n) is 9.05. The summed E-state index contributed by atoms with van der Waals surface area (Å²) in [7, 11) is 1.81. The minimum atomic E-state index is -1.58. The van der Waals surface area contributed by atoms with Crippen LogP contribution in [0.1, 0.15) is 17.2 Å². The average Bonchev–Trinajstić information content (AvgIpc) is 2.28. The van der Waals surface area contributed by atoms with Gasteiger partial charge < -0.3 is 21.3 Å². The molecule has 88 valence electrons. The number of benzene rings is 1. The lowest BCUT2D eigenvalue weighted by Gasteiger charge is -2.15. The van der Waals surface area contributed by atoms with Crippen LogP contribution in [0.25, 0.3) is 0 Å². The van der Waals surface area contributed by atoms with Gasteiger partial charge in [0, 0.05) is 6.54 Å². The molecule has 0 aliphatic rings. The summed E-state index contributed by atoms with van der Waals surface area (Å²) >= 11 is 0. The molecule has 0 fully saturated rings. The first kappa shape index (κ1) is 12.6. The molecule has 2 atom stereocenters. The fourth-order valence-corrected chi connectivity index (χ4v) is 1.43. The Balaban J connectivity index is 2.86. The Hall–Kier alpha value is -1.43. The van der Waals surface area contributed by atoms with E-state index in [2.05, 4.69) is 5.32 Å². The van der Waals surface area contributed by atoms with Crippen molar-refractivity contribution < 1.29 is 15.0 Å². The second kappa shape index (κ2) is 5.60. The summed E-state index contributed by atoms with van der Waals surface area (Å²) in [5.41, 5.74) is 6.34. The molecule has 5 nitrogen and oxygen atoms in total. The van der Waals surface area contributed by atoms with E-state index in [4.69, 9.17) is 5.73 Å². The predicted octanol–water partition coefficient (Wildman–Crippen LogP) is -0.714. The van der Waals surface area contributed by atoms with E-state index in [0.29, 0.717) is 12.1 Å². The minimum Gasteiger partial charge on any atom is -0.385 e. The molecule has 0 aliphatic carbocycles. The number of hydrogen-bond acceptors (Lipinski definition) is 4. The first-order chi connectivity index (χ1) is 7.56. The van der Waals surface area contributed by atoms with Crippen LogP contribution in [0.2, 0.25) is 0 Å². The largest absolute Gasteiger partial charge is 0.385 e. The number of nitrogens with one attached hydrogen (secondary N) is 1. The molecule has 0 saturated heterocycles. The van der Waals surface area contributed by atoms with Gasteiger partial charge in [0.2, 0.25) is 5.91 Å². The highest BCUT2D eigenvalue weighted by atomic mass is 16.3. The molecule has 16 heavy (non-hydrogen) atoms. The van der Waals surface area contributed by atoms with Gasteiger partial charge in [0.1, 0.15) is 6.10 Å². The normalized spacial score (nSPS) is 14.4. The summed E-state index contributed by atoms with van der Waals surface area (Å²) in [6, 6.07) is 6.98. The van der Waals surface area contributed by atoms with E-state index >= 15 is 0 Å².